The van der Waals surface area contributed by atoms with Crippen molar-refractivity contribution in [2.45, 2.75) is 44.7 Å². The van der Waals surface area contributed by atoms with Crippen LogP contribution in [0, 0.1) is 0 Å². The fourth-order valence-corrected chi connectivity index (χ4v) is 4.75. The highest BCUT2D eigenvalue weighted by Crippen LogP contribution is 2.38. The zero-order valence-corrected chi connectivity index (χ0v) is 16.8. The predicted molar refractivity (Wildman–Crippen MR) is 112 cm³/mol. The second-order valence-electron chi connectivity index (χ2n) is 8.20. The summed E-state index contributed by atoms with van der Waals surface area (Å²) in [6.07, 6.45) is 5.16. The maximum absolute atomic E-state index is 12.2. The molecule has 1 amide bonds. The molecule has 0 N–H and O–H groups in total. The number of likely N-dealkylation sites (tertiary alicyclic amines) is 1. The fourth-order valence-electron chi connectivity index (χ4n) is 4.75. The van der Waals surface area contributed by atoms with E-state index in [1.807, 2.05) is 11.0 Å². The van der Waals surface area contributed by atoms with E-state index in [1.165, 1.54) is 24.0 Å². The molecule has 0 spiro atoms. The Labute approximate surface area is 172 Å². The molecule has 0 aliphatic carbocycles. The van der Waals surface area contributed by atoms with Crippen molar-refractivity contribution in [2.24, 2.45) is 0 Å². The Kier molecular flexibility index (Phi) is 5.15. The lowest BCUT2D eigenvalue weighted by Crippen LogP contribution is -2.35. The summed E-state index contributed by atoms with van der Waals surface area (Å²) in [5, 5.41) is 0. The first-order valence-electron chi connectivity index (χ1n) is 10.8. The van der Waals surface area contributed by atoms with E-state index in [4.69, 9.17) is 9.47 Å². The highest BCUT2D eigenvalue weighted by Gasteiger charge is 2.27. The molecular weight excluding hydrogens is 364 g/mol. The average Bonchev–Trinajstić information content (AvgIpc) is 3.22. The third-order valence-corrected chi connectivity index (χ3v) is 6.27. The van der Waals surface area contributed by atoms with Crippen molar-refractivity contribution in [2.75, 3.05) is 31.2 Å². The smallest absolute Gasteiger partial charge is 0.226 e. The molecule has 2 fully saturated rings. The summed E-state index contributed by atoms with van der Waals surface area (Å²) in [5.41, 5.74) is 3.63. The monoisotopic (exact) mass is 392 g/mol. The van der Waals surface area contributed by atoms with Crippen LogP contribution in [0.2, 0.25) is 0 Å². The van der Waals surface area contributed by atoms with Gasteiger partial charge < -0.3 is 14.4 Å². The minimum atomic E-state index is 0.252. The molecule has 3 aliphatic rings. The molecule has 5 heteroatoms. The van der Waals surface area contributed by atoms with Crippen molar-refractivity contribution in [3.63, 3.8) is 0 Å². The molecule has 0 unspecified atom stereocenters. The normalized spacial score (nSPS) is 22.1. The topological polar surface area (TPSA) is 42.0 Å². The predicted octanol–water partition coefficient (Wildman–Crippen LogP) is 4.31. The van der Waals surface area contributed by atoms with Crippen LogP contribution in [0.25, 0.3) is 0 Å². The van der Waals surface area contributed by atoms with Crippen LogP contribution in [0.4, 0.5) is 5.69 Å². The van der Waals surface area contributed by atoms with Crippen LogP contribution in [-0.2, 0) is 11.3 Å². The Balaban J connectivity index is 1.29. The van der Waals surface area contributed by atoms with Crippen molar-refractivity contribution in [3.05, 3.63) is 53.6 Å². The van der Waals surface area contributed by atoms with Gasteiger partial charge in [-0.25, -0.2) is 0 Å². The van der Waals surface area contributed by atoms with Gasteiger partial charge in [-0.3, -0.25) is 9.69 Å². The van der Waals surface area contributed by atoms with E-state index < -0.39 is 0 Å². The molecule has 152 valence electrons. The third-order valence-electron chi connectivity index (χ3n) is 6.27. The van der Waals surface area contributed by atoms with E-state index in [-0.39, 0.29) is 5.91 Å². The first kappa shape index (κ1) is 18.5. The van der Waals surface area contributed by atoms with E-state index in [0.29, 0.717) is 25.7 Å². The van der Waals surface area contributed by atoms with Gasteiger partial charge in [0.1, 0.15) is 13.2 Å². The Morgan fingerprint density at radius 2 is 1.72 bits per heavy atom. The highest BCUT2D eigenvalue weighted by atomic mass is 16.6. The van der Waals surface area contributed by atoms with E-state index in [1.54, 1.807) is 0 Å². The molecule has 5 rings (SSSR count). The fraction of sp³-hybridized carbons (Fsp3) is 0.458. The maximum atomic E-state index is 12.2. The lowest BCUT2D eigenvalue weighted by Gasteiger charge is -2.28. The average molecular weight is 392 g/mol. The van der Waals surface area contributed by atoms with Crippen LogP contribution >= 0.6 is 0 Å². The summed E-state index contributed by atoms with van der Waals surface area (Å²) in [7, 11) is 0. The summed E-state index contributed by atoms with van der Waals surface area (Å²) in [6.45, 7) is 4.12. The SMILES string of the molecule is O=C1CCCCN1c1ccc(CN2CCC[C@H]2c2ccc3c(c2)OCCO3)cc1. The van der Waals surface area contributed by atoms with Gasteiger partial charge in [-0.15, -0.1) is 0 Å². The van der Waals surface area contributed by atoms with Gasteiger partial charge in [0.2, 0.25) is 5.91 Å². The van der Waals surface area contributed by atoms with Gasteiger partial charge in [0.05, 0.1) is 0 Å². The molecule has 3 aliphatic heterocycles. The third kappa shape index (κ3) is 3.84. The van der Waals surface area contributed by atoms with Gasteiger partial charge in [0.25, 0.3) is 0 Å². The number of ether oxygens (including phenoxy) is 2. The van der Waals surface area contributed by atoms with Crippen molar-refractivity contribution in [3.8, 4) is 11.5 Å². The van der Waals surface area contributed by atoms with E-state index in [0.717, 1.165) is 49.7 Å². The molecule has 29 heavy (non-hydrogen) atoms. The number of rotatable bonds is 4. The molecule has 2 saturated heterocycles. The second kappa shape index (κ2) is 8.07. The number of benzene rings is 2. The largest absolute Gasteiger partial charge is 0.486 e. The van der Waals surface area contributed by atoms with Crippen LogP contribution in [0.15, 0.2) is 42.5 Å². The molecular formula is C24H28N2O3. The second-order valence-corrected chi connectivity index (χ2v) is 8.20. The number of anilines is 1. The number of fused-ring (bicyclic) bond motifs is 1. The quantitative estimate of drug-likeness (QED) is 0.778. The lowest BCUT2D eigenvalue weighted by molar-refractivity contribution is -0.119. The van der Waals surface area contributed by atoms with Crippen molar-refractivity contribution in [1.82, 2.24) is 4.90 Å². The highest BCUT2D eigenvalue weighted by molar-refractivity contribution is 5.93. The van der Waals surface area contributed by atoms with Gasteiger partial charge in [-0.1, -0.05) is 18.2 Å². The van der Waals surface area contributed by atoms with Gasteiger partial charge >= 0.3 is 0 Å². The first-order chi connectivity index (χ1) is 14.3. The Morgan fingerprint density at radius 3 is 2.55 bits per heavy atom. The molecule has 5 nitrogen and oxygen atoms in total. The Hall–Kier alpha value is -2.53. The standard InChI is InChI=1S/C24H28N2O3/c27-24-5-1-2-13-26(24)20-9-6-18(7-10-20)17-25-12-3-4-21(25)19-8-11-22-23(16-19)29-15-14-28-22/h6-11,16,21H,1-5,12-15,17H2/t21-/m0/s1. The summed E-state index contributed by atoms with van der Waals surface area (Å²) < 4.78 is 11.4. The van der Waals surface area contributed by atoms with Crippen molar-refractivity contribution < 1.29 is 14.3 Å². The van der Waals surface area contributed by atoms with Gasteiger partial charge in [0.15, 0.2) is 11.5 Å². The summed E-state index contributed by atoms with van der Waals surface area (Å²) in [5.74, 6) is 1.98. The van der Waals surface area contributed by atoms with Crippen LogP contribution in [0.1, 0.15) is 49.3 Å². The number of amides is 1. The molecule has 0 radical (unpaired) electrons. The van der Waals surface area contributed by atoms with Crippen LogP contribution in [0.3, 0.4) is 0 Å². The summed E-state index contributed by atoms with van der Waals surface area (Å²) >= 11 is 0. The van der Waals surface area contributed by atoms with E-state index in [2.05, 4.69) is 41.3 Å². The van der Waals surface area contributed by atoms with Gasteiger partial charge in [-0.2, -0.15) is 0 Å². The Morgan fingerprint density at radius 1 is 0.897 bits per heavy atom. The molecule has 2 aromatic carbocycles. The van der Waals surface area contributed by atoms with Gasteiger partial charge in [-0.05, 0) is 67.6 Å². The number of hydrogen-bond acceptors (Lipinski definition) is 4. The van der Waals surface area contributed by atoms with Crippen LogP contribution in [-0.4, -0.2) is 37.1 Å². The number of carbonyl (C=O) groups is 1. The molecule has 0 bridgehead atoms. The van der Waals surface area contributed by atoms with Crippen LogP contribution in [0.5, 0.6) is 11.5 Å². The van der Waals surface area contributed by atoms with Crippen LogP contribution < -0.4 is 14.4 Å². The zero-order valence-electron chi connectivity index (χ0n) is 16.8. The maximum Gasteiger partial charge on any atom is 0.226 e. The number of hydrogen-bond donors (Lipinski definition) is 0. The minimum Gasteiger partial charge on any atom is -0.486 e. The van der Waals surface area contributed by atoms with Crippen molar-refractivity contribution in [1.29, 1.82) is 0 Å². The molecule has 0 aromatic heterocycles. The van der Waals surface area contributed by atoms with E-state index in [9.17, 15) is 4.79 Å². The molecule has 1 atom stereocenters. The van der Waals surface area contributed by atoms with Gasteiger partial charge in [0, 0.05) is 31.2 Å². The summed E-state index contributed by atoms with van der Waals surface area (Å²) in [4.78, 5) is 16.6. The minimum absolute atomic E-state index is 0.252. The number of nitrogens with zero attached hydrogens (tertiary/aromatic N) is 2. The number of carbonyl (C=O) groups excluding carboxylic acids is 1. The Bertz CT molecular complexity index is 880. The van der Waals surface area contributed by atoms with E-state index >= 15 is 0 Å². The summed E-state index contributed by atoms with van der Waals surface area (Å²) in [6, 6.07) is 15.4. The lowest BCUT2D eigenvalue weighted by atomic mass is 10.0. The molecule has 0 saturated carbocycles. The first-order valence-corrected chi connectivity index (χ1v) is 10.8. The molecule has 2 aromatic rings. The zero-order chi connectivity index (χ0) is 19.6. The number of piperidine rings is 1. The molecule has 3 heterocycles. The van der Waals surface area contributed by atoms with Crippen molar-refractivity contribution >= 4 is 11.6 Å².